The summed E-state index contributed by atoms with van der Waals surface area (Å²) in [6, 6.07) is 7.67. The lowest BCUT2D eigenvalue weighted by molar-refractivity contribution is -0.752. The largest absolute Gasteiger partial charge is 0.490 e. The van der Waals surface area contributed by atoms with Crippen LogP contribution in [0.3, 0.4) is 0 Å². The van der Waals surface area contributed by atoms with E-state index in [-0.39, 0.29) is 5.97 Å². The van der Waals surface area contributed by atoms with Gasteiger partial charge in [-0.05, 0) is 24.2 Å². The van der Waals surface area contributed by atoms with Crippen LogP contribution in [0.15, 0.2) is 42.9 Å². The minimum atomic E-state index is -5.08. The number of carbonyl (C=O) groups is 2. The molecular weight excluding hydrogens is 355 g/mol. The summed E-state index contributed by atoms with van der Waals surface area (Å²) < 4.78 is 38.3. The summed E-state index contributed by atoms with van der Waals surface area (Å²) in [7, 11) is 0. The van der Waals surface area contributed by atoms with Crippen LogP contribution in [-0.2, 0) is 20.9 Å². The minimum Gasteiger partial charge on any atom is -0.475 e. The molecule has 0 saturated carbocycles. The highest BCUT2D eigenvalue weighted by atomic mass is 19.4. The van der Waals surface area contributed by atoms with Gasteiger partial charge in [-0.3, -0.25) is 9.78 Å². The Hall–Kier alpha value is -3.04. The molecule has 2 aromatic rings. The molecule has 0 amide bonds. The normalized spacial score (nSPS) is 10.5. The Labute approximate surface area is 147 Å². The van der Waals surface area contributed by atoms with Gasteiger partial charge in [-0.2, -0.15) is 13.2 Å². The van der Waals surface area contributed by atoms with Crippen LogP contribution < -0.4 is 4.68 Å². The van der Waals surface area contributed by atoms with Crippen molar-refractivity contribution in [3.8, 4) is 11.3 Å². The van der Waals surface area contributed by atoms with Gasteiger partial charge in [0, 0.05) is 17.8 Å². The molecule has 10 heteroatoms. The quantitative estimate of drug-likeness (QED) is 0.638. The Balaban J connectivity index is 0.000000412. The van der Waals surface area contributed by atoms with E-state index in [9.17, 15) is 18.0 Å². The van der Waals surface area contributed by atoms with Gasteiger partial charge in [-0.1, -0.05) is 10.7 Å². The first kappa shape index (κ1) is 21.0. The molecule has 0 bridgehead atoms. The first-order chi connectivity index (χ1) is 12.2. The topological polar surface area (TPSA) is 93.3 Å². The minimum absolute atomic E-state index is 0.203. The highest BCUT2D eigenvalue weighted by Crippen LogP contribution is 2.13. The molecular formula is C16H17F3N3O4+. The van der Waals surface area contributed by atoms with Crippen LogP contribution >= 0.6 is 0 Å². The predicted octanol–water partition coefficient (Wildman–Crippen LogP) is 2.02. The molecule has 0 aliphatic carbocycles. The molecule has 7 nitrogen and oxygen atoms in total. The van der Waals surface area contributed by atoms with Crippen molar-refractivity contribution in [3.63, 3.8) is 0 Å². The molecule has 0 atom stereocenters. The van der Waals surface area contributed by atoms with Crippen LogP contribution in [0.25, 0.3) is 11.3 Å². The fraction of sp³-hybridized carbons (Fsp3) is 0.312. The van der Waals surface area contributed by atoms with E-state index in [0.29, 0.717) is 19.6 Å². The Bertz CT molecular complexity index is 707. The number of esters is 1. The standard InChI is InChI=1S/C14H16N3O2.C2HF3O2/c1-2-19-14(18)7-10-17-9-6-12(11-16-17)13-5-3-4-8-15-13;3-2(4,5)1(6)7/h3-6,8-9,11H,2,7,10H2,1H3;(H,6,7)/q+1;. The average molecular weight is 372 g/mol. The lowest BCUT2D eigenvalue weighted by Gasteiger charge is -1.99. The number of aliphatic carboxylic acids is 1. The number of aromatic nitrogens is 3. The second-order valence-corrected chi connectivity index (χ2v) is 4.75. The van der Waals surface area contributed by atoms with Crippen LogP contribution in [0.2, 0.25) is 0 Å². The van der Waals surface area contributed by atoms with Gasteiger partial charge in [0.1, 0.15) is 12.6 Å². The SMILES string of the molecule is CCOC(=O)CC[n+]1ccc(-c2ccccn2)cn1.O=C(O)C(F)(F)F. The maximum atomic E-state index is 11.2. The summed E-state index contributed by atoms with van der Waals surface area (Å²) >= 11 is 0. The zero-order chi connectivity index (χ0) is 19.6. The molecule has 0 aliphatic rings. The highest BCUT2D eigenvalue weighted by molar-refractivity contribution is 5.73. The Morgan fingerprint density at radius 1 is 1.27 bits per heavy atom. The number of ether oxygens (including phenoxy) is 1. The van der Waals surface area contributed by atoms with Crippen molar-refractivity contribution in [2.45, 2.75) is 26.1 Å². The third kappa shape index (κ3) is 7.69. The predicted molar refractivity (Wildman–Crippen MR) is 82.6 cm³/mol. The molecule has 1 N–H and O–H groups in total. The van der Waals surface area contributed by atoms with Crippen molar-refractivity contribution in [2.75, 3.05) is 6.61 Å². The number of hydrogen-bond donors (Lipinski definition) is 1. The number of hydrogen-bond acceptors (Lipinski definition) is 5. The number of rotatable bonds is 5. The van der Waals surface area contributed by atoms with Crippen molar-refractivity contribution < 1.29 is 37.3 Å². The fourth-order valence-electron chi connectivity index (χ4n) is 1.64. The lowest BCUT2D eigenvalue weighted by Crippen LogP contribution is -2.38. The molecule has 0 spiro atoms. The van der Waals surface area contributed by atoms with Gasteiger partial charge in [0.15, 0.2) is 12.7 Å². The average Bonchev–Trinajstić information content (AvgIpc) is 2.61. The van der Waals surface area contributed by atoms with E-state index in [1.807, 2.05) is 30.5 Å². The number of carboxylic acids is 1. The lowest BCUT2D eigenvalue weighted by atomic mass is 10.2. The first-order valence-corrected chi connectivity index (χ1v) is 7.47. The van der Waals surface area contributed by atoms with Gasteiger partial charge < -0.3 is 9.84 Å². The number of pyridine rings is 1. The van der Waals surface area contributed by atoms with Crippen molar-refractivity contribution in [2.24, 2.45) is 0 Å². The molecule has 26 heavy (non-hydrogen) atoms. The monoisotopic (exact) mass is 372 g/mol. The van der Waals surface area contributed by atoms with E-state index < -0.39 is 12.1 Å². The second kappa shape index (κ2) is 10.1. The maximum Gasteiger partial charge on any atom is 0.490 e. The molecule has 2 heterocycles. The van der Waals surface area contributed by atoms with Crippen LogP contribution in [0.4, 0.5) is 13.2 Å². The smallest absolute Gasteiger partial charge is 0.475 e. The molecule has 140 valence electrons. The molecule has 0 radical (unpaired) electrons. The number of carboxylic acid groups (broad SMARTS) is 1. The summed E-state index contributed by atoms with van der Waals surface area (Å²) in [6.07, 6.45) is 0.572. The summed E-state index contributed by atoms with van der Waals surface area (Å²) in [5, 5.41) is 11.4. The highest BCUT2D eigenvalue weighted by Gasteiger charge is 2.38. The Kier molecular flexibility index (Phi) is 8.13. The van der Waals surface area contributed by atoms with Gasteiger partial charge in [-0.15, -0.1) is 0 Å². The van der Waals surface area contributed by atoms with Crippen LogP contribution in [-0.4, -0.2) is 39.9 Å². The third-order valence-corrected chi connectivity index (χ3v) is 2.82. The van der Waals surface area contributed by atoms with Crippen molar-refractivity contribution in [1.29, 1.82) is 0 Å². The van der Waals surface area contributed by atoms with E-state index in [1.165, 1.54) is 0 Å². The molecule has 0 aliphatic heterocycles. The van der Waals surface area contributed by atoms with E-state index >= 15 is 0 Å². The number of aryl methyl sites for hydroxylation is 1. The Morgan fingerprint density at radius 2 is 1.96 bits per heavy atom. The number of nitrogens with zero attached hydrogens (tertiary/aromatic N) is 3. The Morgan fingerprint density at radius 3 is 2.42 bits per heavy atom. The van der Waals surface area contributed by atoms with Gasteiger partial charge in [0.05, 0.1) is 12.3 Å². The van der Waals surface area contributed by atoms with Crippen LogP contribution in [0, 0.1) is 0 Å². The van der Waals surface area contributed by atoms with Crippen molar-refractivity contribution in [3.05, 3.63) is 42.9 Å². The van der Waals surface area contributed by atoms with Gasteiger partial charge in [0.25, 0.3) is 0 Å². The van der Waals surface area contributed by atoms with Gasteiger partial charge >= 0.3 is 18.1 Å². The molecule has 0 unspecified atom stereocenters. The van der Waals surface area contributed by atoms with E-state index in [4.69, 9.17) is 14.6 Å². The van der Waals surface area contributed by atoms with Gasteiger partial charge in [-0.25, -0.2) is 4.79 Å². The zero-order valence-corrected chi connectivity index (χ0v) is 13.8. The fourth-order valence-corrected chi connectivity index (χ4v) is 1.64. The molecule has 2 rings (SSSR count). The van der Waals surface area contributed by atoms with Crippen LogP contribution in [0.1, 0.15) is 13.3 Å². The van der Waals surface area contributed by atoms with E-state index in [2.05, 4.69) is 10.1 Å². The summed E-state index contributed by atoms with van der Waals surface area (Å²) in [5.41, 5.74) is 1.83. The zero-order valence-electron chi connectivity index (χ0n) is 13.8. The molecule has 2 aromatic heterocycles. The first-order valence-electron chi connectivity index (χ1n) is 7.47. The van der Waals surface area contributed by atoms with Gasteiger partial charge in [0.2, 0.25) is 0 Å². The maximum absolute atomic E-state index is 11.2. The number of alkyl halides is 3. The molecule has 0 saturated heterocycles. The number of halogens is 3. The van der Waals surface area contributed by atoms with Crippen molar-refractivity contribution in [1.82, 2.24) is 10.1 Å². The molecule has 0 aromatic carbocycles. The van der Waals surface area contributed by atoms with E-state index in [1.54, 1.807) is 24.0 Å². The summed E-state index contributed by atoms with van der Waals surface area (Å²) in [5.74, 6) is -2.96. The molecule has 0 fully saturated rings. The third-order valence-electron chi connectivity index (χ3n) is 2.82. The second-order valence-electron chi connectivity index (χ2n) is 4.75. The van der Waals surface area contributed by atoms with E-state index in [0.717, 1.165) is 11.3 Å². The summed E-state index contributed by atoms with van der Waals surface area (Å²) in [6.45, 7) is 2.72. The van der Waals surface area contributed by atoms with Crippen molar-refractivity contribution >= 4 is 11.9 Å². The van der Waals surface area contributed by atoms with Crippen LogP contribution in [0.5, 0.6) is 0 Å². The number of carbonyl (C=O) groups excluding carboxylic acids is 1. The summed E-state index contributed by atoms with van der Waals surface area (Å²) in [4.78, 5) is 24.4.